The largest absolute Gasteiger partial charge is 0.633 e. The van der Waals surface area contributed by atoms with Crippen LogP contribution in [0.15, 0.2) is 64.2 Å². The van der Waals surface area contributed by atoms with Gasteiger partial charge < -0.3 is 20.3 Å². The molecule has 3 aromatic heterocycles. The number of ether oxygens (including phenoxy) is 1. The van der Waals surface area contributed by atoms with E-state index in [2.05, 4.69) is 10.2 Å². The van der Waals surface area contributed by atoms with Crippen LogP contribution < -0.4 is 21.7 Å². The number of aromatic nitrogens is 4. The molecule has 0 aliphatic heterocycles. The zero-order valence-corrected chi connectivity index (χ0v) is 22.5. The highest BCUT2D eigenvalue weighted by atomic mass is 32.1. The van der Waals surface area contributed by atoms with Crippen molar-refractivity contribution in [1.29, 1.82) is 0 Å². The smallest absolute Gasteiger partial charge is 0.338 e. The zero-order chi connectivity index (χ0) is 28.8. The van der Waals surface area contributed by atoms with Crippen molar-refractivity contribution in [2.45, 2.75) is 13.1 Å². The normalized spacial score (nSPS) is 11.8. The zero-order valence-electron chi connectivity index (χ0n) is 21.7. The molecule has 0 spiro atoms. The second-order valence-electron chi connectivity index (χ2n) is 9.59. The van der Waals surface area contributed by atoms with Crippen molar-refractivity contribution in [3.63, 3.8) is 0 Å². The number of halogens is 2. The highest BCUT2D eigenvalue weighted by Crippen LogP contribution is 2.39. The summed E-state index contributed by atoms with van der Waals surface area (Å²) in [5.74, 6) is -1.67. The maximum atomic E-state index is 14.8. The average Bonchev–Trinajstić information content (AvgIpc) is 3.26. The van der Waals surface area contributed by atoms with E-state index in [1.54, 1.807) is 24.3 Å². The SMILES string of the molecule is COc1ccc(-n2c(=O)c3c(C[N+](C)(C)[O-])c(-c4ccc(N)cc4)sc3n(Cc3c(F)cccc3F)c2=O)nn1. The first-order valence-electron chi connectivity index (χ1n) is 12.0. The Bertz CT molecular complexity index is 1820. The lowest BCUT2D eigenvalue weighted by molar-refractivity contribution is -0.853. The second kappa shape index (κ2) is 10.3. The van der Waals surface area contributed by atoms with Gasteiger partial charge in [0.05, 0.1) is 33.1 Å². The minimum Gasteiger partial charge on any atom is -0.633 e. The van der Waals surface area contributed by atoms with Gasteiger partial charge in [-0.2, -0.15) is 0 Å². The molecule has 0 atom stereocenters. The summed E-state index contributed by atoms with van der Waals surface area (Å²) >= 11 is 1.08. The maximum absolute atomic E-state index is 14.8. The molecule has 0 saturated heterocycles. The number of quaternary nitrogens is 1. The fourth-order valence-corrected chi connectivity index (χ4v) is 5.69. The third kappa shape index (κ3) is 4.97. The van der Waals surface area contributed by atoms with Crippen LogP contribution in [0.3, 0.4) is 0 Å². The van der Waals surface area contributed by atoms with Crippen LogP contribution in [-0.2, 0) is 13.1 Å². The van der Waals surface area contributed by atoms with Crippen molar-refractivity contribution < 1.29 is 18.2 Å². The summed E-state index contributed by atoms with van der Waals surface area (Å²) in [6.45, 7) is -0.649. The summed E-state index contributed by atoms with van der Waals surface area (Å²) in [7, 11) is 4.24. The van der Waals surface area contributed by atoms with Crippen molar-refractivity contribution in [3.05, 3.63) is 103 Å². The Balaban J connectivity index is 1.91. The summed E-state index contributed by atoms with van der Waals surface area (Å²) in [5.41, 5.74) is 5.43. The van der Waals surface area contributed by atoms with Crippen molar-refractivity contribution >= 4 is 27.2 Å². The Morgan fingerprint density at radius 2 is 1.68 bits per heavy atom. The van der Waals surface area contributed by atoms with Crippen molar-refractivity contribution in [3.8, 4) is 22.1 Å². The molecule has 0 unspecified atom stereocenters. The number of nitrogens with two attached hydrogens (primary N) is 1. The molecule has 0 fully saturated rings. The Labute approximate surface area is 230 Å². The van der Waals surface area contributed by atoms with Gasteiger partial charge >= 0.3 is 5.69 Å². The van der Waals surface area contributed by atoms with Crippen LogP contribution in [-0.4, -0.2) is 45.2 Å². The first-order valence-corrected chi connectivity index (χ1v) is 12.8. The number of thiophene rings is 1. The summed E-state index contributed by atoms with van der Waals surface area (Å²) in [5, 5.41) is 20.8. The van der Waals surface area contributed by atoms with Crippen molar-refractivity contribution in [2.75, 3.05) is 26.9 Å². The van der Waals surface area contributed by atoms with Crippen LogP contribution >= 0.6 is 11.3 Å². The van der Waals surface area contributed by atoms with E-state index < -0.39 is 34.1 Å². The molecule has 0 saturated carbocycles. The quantitative estimate of drug-likeness (QED) is 0.181. The molecule has 0 bridgehead atoms. The standard InChI is InChI=1S/C27H24F2N6O4S/c1-35(2,38)14-18-23-25(36)34(21-11-12-22(39-3)32-31-21)27(37)33(13-17-19(28)5-4-6-20(17)29)26(23)40-24(18)15-7-9-16(30)10-8-15/h4-12H,13-14,30H2,1-3H3. The molecule has 0 amide bonds. The van der Waals surface area contributed by atoms with Gasteiger partial charge in [0.15, 0.2) is 5.82 Å². The number of nitrogen functional groups attached to an aromatic ring is 1. The number of rotatable bonds is 7. The number of nitrogens with zero attached hydrogens (tertiary/aromatic N) is 5. The van der Waals surface area contributed by atoms with E-state index in [9.17, 15) is 23.6 Å². The van der Waals surface area contributed by atoms with Gasteiger partial charge in [0.1, 0.15) is 23.0 Å². The maximum Gasteiger partial charge on any atom is 0.338 e. The minimum atomic E-state index is -0.882. The fourth-order valence-electron chi connectivity index (χ4n) is 4.39. The molecule has 2 aromatic carbocycles. The molecular weight excluding hydrogens is 542 g/mol. The molecule has 3 heterocycles. The van der Waals surface area contributed by atoms with Gasteiger partial charge in [0.2, 0.25) is 5.88 Å². The van der Waals surface area contributed by atoms with Crippen LogP contribution in [0.25, 0.3) is 26.5 Å². The third-order valence-electron chi connectivity index (χ3n) is 6.23. The monoisotopic (exact) mass is 566 g/mol. The Hall–Kier alpha value is -4.46. The van der Waals surface area contributed by atoms with E-state index in [0.717, 1.165) is 32.6 Å². The Kier molecular flexibility index (Phi) is 6.96. The molecule has 13 heteroatoms. The number of fused-ring (bicyclic) bond motifs is 1. The number of benzene rings is 2. The van der Waals surface area contributed by atoms with Gasteiger partial charge in [-0.05, 0) is 35.9 Å². The van der Waals surface area contributed by atoms with Gasteiger partial charge in [-0.25, -0.2) is 18.1 Å². The summed E-state index contributed by atoms with van der Waals surface area (Å²) in [4.78, 5) is 28.6. The second-order valence-corrected chi connectivity index (χ2v) is 10.6. The third-order valence-corrected chi connectivity index (χ3v) is 7.53. The number of hydrogen-bond acceptors (Lipinski definition) is 8. The Morgan fingerprint density at radius 3 is 2.25 bits per heavy atom. The van der Waals surface area contributed by atoms with Crippen LogP contribution in [0.1, 0.15) is 11.1 Å². The van der Waals surface area contributed by atoms with Crippen LogP contribution in [0, 0.1) is 16.8 Å². The highest BCUT2D eigenvalue weighted by molar-refractivity contribution is 7.22. The molecule has 0 radical (unpaired) electrons. The molecule has 10 nitrogen and oxygen atoms in total. The molecular formula is C27H24F2N6O4S. The molecule has 0 aliphatic rings. The molecule has 206 valence electrons. The highest BCUT2D eigenvalue weighted by Gasteiger charge is 2.27. The van der Waals surface area contributed by atoms with Crippen LogP contribution in [0.5, 0.6) is 5.88 Å². The van der Waals surface area contributed by atoms with Gasteiger partial charge in [-0.3, -0.25) is 9.36 Å². The van der Waals surface area contributed by atoms with E-state index in [0.29, 0.717) is 21.7 Å². The molecule has 0 aliphatic carbocycles. The van der Waals surface area contributed by atoms with E-state index in [4.69, 9.17) is 10.5 Å². The van der Waals surface area contributed by atoms with Gasteiger partial charge in [0.25, 0.3) is 5.56 Å². The van der Waals surface area contributed by atoms with Crippen molar-refractivity contribution in [1.82, 2.24) is 19.3 Å². The summed E-state index contributed by atoms with van der Waals surface area (Å²) < 4.78 is 35.6. The minimum absolute atomic E-state index is 0.0628. The molecule has 2 N–H and O–H groups in total. The van der Waals surface area contributed by atoms with E-state index in [1.165, 1.54) is 39.4 Å². The fraction of sp³-hybridized carbons (Fsp3) is 0.185. The molecule has 5 rings (SSSR count). The first-order chi connectivity index (χ1) is 19.0. The van der Waals surface area contributed by atoms with Crippen LogP contribution in [0.2, 0.25) is 0 Å². The average molecular weight is 567 g/mol. The van der Waals surface area contributed by atoms with Gasteiger partial charge in [-0.1, -0.05) is 18.2 Å². The van der Waals surface area contributed by atoms with E-state index >= 15 is 0 Å². The summed E-state index contributed by atoms with van der Waals surface area (Å²) in [6.07, 6.45) is 0. The van der Waals surface area contributed by atoms with E-state index in [1.807, 2.05) is 0 Å². The number of hydrogen-bond donors (Lipinski definition) is 1. The molecule has 40 heavy (non-hydrogen) atoms. The lowest BCUT2D eigenvalue weighted by atomic mass is 10.1. The van der Waals surface area contributed by atoms with E-state index in [-0.39, 0.29) is 34.0 Å². The first kappa shape index (κ1) is 27.1. The van der Waals surface area contributed by atoms with Crippen LogP contribution in [0.4, 0.5) is 14.5 Å². The number of hydroxylamine groups is 3. The number of methoxy groups -OCH3 is 1. The van der Waals surface area contributed by atoms with Crippen molar-refractivity contribution in [2.24, 2.45) is 0 Å². The molecule has 5 aromatic rings. The summed E-state index contributed by atoms with van der Waals surface area (Å²) in [6, 6.07) is 13.0. The lowest BCUT2D eigenvalue weighted by Gasteiger charge is -2.33. The predicted octanol–water partition coefficient (Wildman–Crippen LogP) is 3.66. The van der Waals surface area contributed by atoms with Gasteiger partial charge in [-0.15, -0.1) is 21.5 Å². The predicted molar refractivity (Wildman–Crippen MR) is 148 cm³/mol. The lowest BCUT2D eigenvalue weighted by Crippen LogP contribution is -2.40. The topological polar surface area (TPSA) is 128 Å². The number of anilines is 1. The van der Waals surface area contributed by atoms with Gasteiger partial charge in [0, 0.05) is 27.8 Å². The Morgan fingerprint density at radius 1 is 1.00 bits per heavy atom.